The minimum Gasteiger partial charge on any atom is -0.331 e. The molecule has 1 aromatic carbocycles. The molecule has 0 aliphatic carbocycles. The number of nitrogens with zero attached hydrogens (tertiary/aromatic N) is 1. The number of benzene rings is 1. The third-order valence-electron chi connectivity index (χ3n) is 3.79. The molecular weight excluding hydrogens is 295 g/mol. The van der Waals surface area contributed by atoms with Gasteiger partial charge in [-0.05, 0) is 31.0 Å². The summed E-state index contributed by atoms with van der Waals surface area (Å²) < 4.78 is 35.8. The van der Waals surface area contributed by atoms with E-state index in [1.165, 1.54) is 17.0 Å². The Hall–Kier alpha value is -1.63. The first-order chi connectivity index (χ1) is 9.78. The molecule has 1 aliphatic heterocycles. The van der Waals surface area contributed by atoms with E-state index in [0.717, 1.165) is 5.56 Å². The Balaban J connectivity index is 1.96. The van der Waals surface area contributed by atoms with Gasteiger partial charge in [-0.15, -0.1) is 0 Å². The molecule has 0 aromatic heterocycles. The predicted octanol–water partition coefficient (Wildman–Crippen LogP) is 1.72. The lowest BCUT2D eigenvalue weighted by Crippen LogP contribution is -2.44. The van der Waals surface area contributed by atoms with Crippen molar-refractivity contribution in [1.82, 2.24) is 10.2 Å². The molecule has 2 atom stereocenters. The third kappa shape index (κ3) is 3.93. The van der Waals surface area contributed by atoms with E-state index in [1.807, 2.05) is 0 Å². The Morgan fingerprint density at radius 3 is 2.52 bits per heavy atom. The monoisotopic (exact) mass is 314 g/mol. The van der Waals surface area contributed by atoms with Gasteiger partial charge in [-0.25, -0.2) is 17.6 Å². The maximum absolute atomic E-state index is 12.9. The molecule has 1 fully saturated rings. The molecule has 1 heterocycles. The minimum absolute atomic E-state index is 0.0157. The fraction of sp³-hybridized carbons (Fsp3) is 0.500. The van der Waals surface area contributed by atoms with Crippen molar-refractivity contribution in [2.45, 2.75) is 25.4 Å². The Morgan fingerprint density at radius 2 is 2.00 bits per heavy atom. The predicted molar refractivity (Wildman–Crippen MR) is 78.2 cm³/mol. The molecule has 0 radical (unpaired) electrons. The van der Waals surface area contributed by atoms with E-state index >= 15 is 0 Å². The van der Waals surface area contributed by atoms with Crippen LogP contribution in [0.4, 0.5) is 9.18 Å². The first-order valence-electron chi connectivity index (χ1n) is 6.78. The summed E-state index contributed by atoms with van der Waals surface area (Å²) in [5.74, 6) is -0.185. The molecule has 1 saturated heterocycles. The molecule has 2 rings (SSSR count). The van der Waals surface area contributed by atoms with Crippen LogP contribution in [0.3, 0.4) is 0 Å². The summed E-state index contributed by atoms with van der Waals surface area (Å²) >= 11 is 0. The van der Waals surface area contributed by atoms with E-state index in [2.05, 4.69) is 5.32 Å². The van der Waals surface area contributed by atoms with Crippen molar-refractivity contribution in [2.24, 2.45) is 0 Å². The average molecular weight is 314 g/mol. The molecule has 1 N–H and O–H groups in total. The van der Waals surface area contributed by atoms with Crippen molar-refractivity contribution in [1.29, 1.82) is 0 Å². The maximum Gasteiger partial charge on any atom is 0.317 e. The summed E-state index contributed by atoms with van der Waals surface area (Å²) in [6, 6.07) is 5.01. The number of carbonyl (C=O) groups is 1. The highest BCUT2D eigenvalue weighted by Gasteiger charge is 2.33. The van der Waals surface area contributed by atoms with Crippen molar-refractivity contribution < 1.29 is 17.6 Å². The largest absolute Gasteiger partial charge is 0.331 e. The van der Waals surface area contributed by atoms with Crippen LogP contribution in [0, 0.1) is 5.82 Å². The Labute approximate surface area is 124 Å². The summed E-state index contributed by atoms with van der Waals surface area (Å²) in [6.45, 7) is 1.80. The first kappa shape index (κ1) is 15.8. The lowest BCUT2D eigenvalue weighted by atomic mass is 10.1. The number of halogens is 1. The van der Waals surface area contributed by atoms with Crippen LogP contribution in [0.25, 0.3) is 0 Å². The summed E-state index contributed by atoms with van der Waals surface area (Å²) in [5, 5.41) is 2.79. The lowest BCUT2D eigenvalue weighted by Gasteiger charge is -2.26. The smallest absolute Gasteiger partial charge is 0.317 e. The van der Waals surface area contributed by atoms with Gasteiger partial charge in [-0.3, -0.25) is 0 Å². The molecule has 0 spiro atoms. The van der Waals surface area contributed by atoms with E-state index in [-0.39, 0.29) is 35.4 Å². The van der Waals surface area contributed by atoms with E-state index < -0.39 is 9.84 Å². The minimum atomic E-state index is -3.02. The van der Waals surface area contributed by atoms with Gasteiger partial charge in [0.15, 0.2) is 9.84 Å². The molecule has 5 nitrogen and oxygen atoms in total. The second-order valence-corrected chi connectivity index (χ2v) is 7.62. The van der Waals surface area contributed by atoms with Gasteiger partial charge in [0.25, 0.3) is 0 Å². The van der Waals surface area contributed by atoms with Gasteiger partial charge in [0.1, 0.15) is 5.82 Å². The molecule has 7 heteroatoms. The average Bonchev–Trinajstić information content (AvgIpc) is 2.78. The fourth-order valence-electron chi connectivity index (χ4n) is 2.37. The molecule has 0 unspecified atom stereocenters. The normalized spacial score (nSPS) is 21.8. The fourth-order valence-corrected chi connectivity index (χ4v) is 4.14. The Morgan fingerprint density at radius 1 is 1.38 bits per heavy atom. The Kier molecular flexibility index (Phi) is 4.51. The summed E-state index contributed by atoms with van der Waals surface area (Å²) in [7, 11) is -1.43. The Bertz CT molecular complexity index is 616. The SMILES string of the molecule is C[C@H](NC(=O)N(C)[C@@H]1CCS(=O)(=O)C1)c1ccc(F)cc1. The second kappa shape index (κ2) is 6.01. The molecule has 1 aromatic rings. The van der Waals surface area contributed by atoms with Gasteiger partial charge in [0, 0.05) is 13.1 Å². The molecule has 21 heavy (non-hydrogen) atoms. The number of amides is 2. The van der Waals surface area contributed by atoms with Gasteiger partial charge in [0.05, 0.1) is 17.5 Å². The number of nitrogens with one attached hydrogen (secondary N) is 1. The van der Waals surface area contributed by atoms with Crippen LogP contribution >= 0.6 is 0 Å². The molecular formula is C14H19FN2O3S. The van der Waals surface area contributed by atoms with Crippen molar-refractivity contribution >= 4 is 15.9 Å². The van der Waals surface area contributed by atoms with Gasteiger partial charge in [0.2, 0.25) is 0 Å². The first-order valence-corrected chi connectivity index (χ1v) is 8.60. The van der Waals surface area contributed by atoms with Gasteiger partial charge in [-0.1, -0.05) is 12.1 Å². The van der Waals surface area contributed by atoms with E-state index in [1.54, 1.807) is 26.1 Å². The number of hydrogen-bond donors (Lipinski definition) is 1. The highest BCUT2D eigenvalue weighted by molar-refractivity contribution is 7.91. The van der Waals surface area contributed by atoms with Gasteiger partial charge < -0.3 is 10.2 Å². The van der Waals surface area contributed by atoms with Crippen LogP contribution in [-0.2, 0) is 9.84 Å². The van der Waals surface area contributed by atoms with Crippen molar-refractivity contribution in [2.75, 3.05) is 18.6 Å². The van der Waals surface area contributed by atoms with Crippen LogP contribution in [0.2, 0.25) is 0 Å². The molecule has 1 aliphatic rings. The highest BCUT2D eigenvalue weighted by Crippen LogP contribution is 2.18. The van der Waals surface area contributed by atoms with Crippen molar-refractivity contribution in [3.05, 3.63) is 35.6 Å². The summed E-state index contributed by atoms with van der Waals surface area (Å²) in [4.78, 5) is 13.6. The number of urea groups is 1. The quantitative estimate of drug-likeness (QED) is 0.924. The van der Waals surface area contributed by atoms with Crippen LogP contribution in [0.1, 0.15) is 24.9 Å². The third-order valence-corrected chi connectivity index (χ3v) is 5.54. The van der Waals surface area contributed by atoms with Crippen LogP contribution in [-0.4, -0.2) is 43.9 Å². The highest BCUT2D eigenvalue weighted by atomic mass is 32.2. The summed E-state index contributed by atoms with van der Waals surface area (Å²) in [5.41, 5.74) is 0.789. The number of hydrogen-bond acceptors (Lipinski definition) is 3. The zero-order valence-corrected chi connectivity index (χ0v) is 12.9. The van der Waals surface area contributed by atoms with E-state index in [0.29, 0.717) is 6.42 Å². The van der Waals surface area contributed by atoms with Crippen LogP contribution in [0.5, 0.6) is 0 Å². The topological polar surface area (TPSA) is 66.5 Å². The van der Waals surface area contributed by atoms with Gasteiger partial charge in [-0.2, -0.15) is 0 Å². The number of rotatable bonds is 3. The summed E-state index contributed by atoms with van der Waals surface area (Å²) in [6.07, 6.45) is 0.469. The number of carbonyl (C=O) groups excluding carboxylic acids is 1. The molecule has 0 saturated carbocycles. The zero-order valence-electron chi connectivity index (χ0n) is 12.0. The maximum atomic E-state index is 12.9. The van der Waals surface area contributed by atoms with E-state index in [9.17, 15) is 17.6 Å². The second-order valence-electron chi connectivity index (χ2n) is 5.39. The zero-order chi connectivity index (χ0) is 15.6. The van der Waals surface area contributed by atoms with Crippen LogP contribution < -0.4 is 5.32 Å². The molecule has 2 amide bonds. The standard InChI is InChI=1S/C14H19FN2O3S/c1-10(11-3-5-12(15)6-4-11)16-14(18)17(2)13-7-8-21(19,20)9-13/h3-6,10,13H,7-9H2,1-2H3,(H,16,18)/t10-,13+/m0/s1. The lowest BCUT2D eigenvalue weighted by molar-refractivity contribution is 0.192. The van der Waals surface area contributed by atoms with E-state index in [4.69, 9.17) is 0 Å². The molecule has 0 bridgehead atoms. The van der Waals surface area contributed by atoms with Crippen molar-refractivity contribution in [3.63, 3.8) is 0 Å². The van der Waals surface area contributed by atoms with Crippen LogP contribution in [0.15, 0.2) is 24.3 Å². The van der Waals surface area contributed by atoms with Gasteiger partial charge >= 0.3 is 6.03 Å². The number of sulfone groups is 1. The molecule has 116 valence electrons. The van der Waals surface area contributed by atoms with Crippen molar-refractivity contribution in [3.8, 4) is 0 Å².